The van der Waals surface area contributed by atoms with E-state index in [0.29, 0.717) is 38.0 Å². The van der Waals surface area contributed by atoms with Crippen LogP contribution in [0, 0.1) is 17.8 Å². The van der Waals surface area contributed by atoms with Gasteiger partial charge in [-0.1, -0.05) is 45.1 Å². The van der Waals surface area contributed by atoms with E-state index < -0.39 is 110 Å². The minimum atomic E-state index is -1.56. The molecule has 3 saturated heterocycles. The van der Waals surface area contributed by atoms with Crippen molar-refractivity contribution >= 4 is 24.1 Å². The Morgan fingerprint density at radius 2 is 1.27 bits per heavy atom. The molecule has 7 fully saturated rings. The second-order valence-corrected chi connectivity index (χ2v) is 17.9. The van der Waals surface area contributed by atoms with Crippen LogP contribution in [0.25, 0.3) is 10.4 Å². The van der Waals surface area contributed by atoms with Crippen LogP contribution in [-0.4, -0.2) is 116 Å². The number of rotatable bonds is 10. The molecule has 4 aliphatic carbocycles. The van der Waals surface area contributed by atoms with E-state index in [1.807, 2.05) is 0 Å². The fourth-order valence-electron chi connectivity index (χ4n) is 10.5. The highest BCUT2D eigenvalue weighted by Gasteiger charge is 2.69. The largest absolute Gasteiger partial charge is 0.509 e. The molecule has 18 heteroatoms. The first-order chi connectivity index (χ1) is 28.2. The quantitative estimate of drug-likeness (QED) is 0.0800. The molecule has 0 amide bonds. The van der Waals surface area contributed by atoms with Crippen LogP contribution < -0.4 is 0 Å². The summed E-state index contributed by atoms with van der Waals surface area (Å²) in [6.07, 6.45) is -1.97. The summed E-state index contributed by atoms with van der Waals surface area (Å²) >= 11 is 0. The molecule has 0 aromatic rings. The van der Waals surface area contributed by atoms with Crippen molar-refractivity contribution in [3.8, 4) is 0 Å². The van der Waals surface area contributed by atoms with Crippen molar-refractivity contribution in [1.29, 1.82) is 0 Å². The van der Waals surface area contributed by atoms with Crippen molar-refractivity contribution in [2.45, 2.75) is 210 Å². The predicted molar refractivity (Wildman–Crippen MR) is 202 cm³/mol. The van der Waals surface area contributed by atoms with Gasteiger partial charge in [-0.3, -0.25) is 14.4 Å². The third-order valence-electron chi connectivity index (χ3n) is 13.2. The molecule has 0 radical (unpaired) electrons. The smallest absolute Gasteiger partial charge is 0.463 e. The Morgan fingerprint density at radius 1 is 0.712 bits per heavy atom. The lowest BCUT2D eigenvalue weighted by molar-refractivity contribution is -0.310. The van der Waals surface area contributed by atoms with E-state index in [2.05, 4.69) is 30.8 Å². The second kappa shape index (κ2) is 18.4. The Labute approximate surface area is 344 Å². The topological polar surface area (TPSA) is 219 Å². The fraction of sp³-hybridized carbons (Fsp3) is 0.902. The monoisotopic (exact) mass is 835 g/mol. The molecule has 14 atom stereocenters. The Kier molecular flexibility index (Phi) is 13.7. The highest BCUT2D eigenvalue weighted by atomic mass is 16.8. The molecular formula is C41H61N3O15. The molecule has 0 bridgehead atoms. The van der Waals surface area contributed by atoms with Crippen molar-refractivity contribution in [1.82, 2.24) is 0 Å². The summed E-state index contributed by atoms with van der Waals surface area (Å²) in [4.78, 5) is 54.2. The first kappa shape index (κ1) is 43.8. The molecule has 0 unspecified atom stereocenters. The normalized spacial score (nSPS) is 39.6. The summed E-state index contributed by atoms with van der Waals surface area (Å²) in [5.41, 5.74) is 9.85. The van der Waals surface area contributed by atoms with Crippen molar-refractivity contribution in [3.63, 3.8) is 0 Å². The van der Waals surface area contributed by atoms with Gasteiger partial charge in [0.2, 0.25) is 0 Å². The summed E-state index contributed by atoms with van der Waals surface area (Å²) in [5, 5.41) is 3.94. The predicted octanol–water partition coefficient (Wildman–Crippen LogP) is 6.09. The molecule has 7 rings (SSSR count). The molecule has 3 heterocycles. The third-order valence-corrected chi connectivity index (χ3v) is 13.2. The van der Waals surface area contributed by atoms with E-state index in [0.717, 1.165) is 65.2 Å². The number of hydrogen-bond donors (Lipinski definition) is 0. The zero-order chi connectivity index (χ0) is 42.1. The number of esters is 3. The number of hydrogen-bond acceptors (Lipinski definition) is 16. The van der Waals surface area contributed by atoms with E-state index in [1.165, 1.54) is 6.92 Å². The summed E-state index contributed by atoms with van der Waals surface area (Å²) in [6.45, 7) is 9.44. The maximum absolute atomic E-state index is 14.2. The zero-order valence-corrected chi connectivity index (χ0v) is 35.0. The van der Waals surface area contributed by atoms with Gasteiger partial charge in [0.05, 0.1) is 0 Å². The van der Waals surface area contributed by atoms with Crippen LogP contribution in [0.2, 0.25) is 0 Å². The van der Waals surface area contributed by atoms with Crippen LogP contribution in [0.1, 0.15) is 125 Å². The first-order valence-corrected chi connectivity index (χ1v) is 21.6. The molecule has 59 heavy (non-hydrogen) atoms. The van der Waals surface area contributed by atoms with Crippen molar-refractivity contribution in [3.05, 3.63) is 10.4 Å². The molecule has 7 aliphatic rings. The number of nitrogens with zero attached hydrogens (tertiary/aromatic N) is 3. The van der Waals surface area contributed by atoms with Gasteiger partial charge in [0.1, 0.15) is 55.4 Å². The lowest BCUT2D eigenvalue weighted by Gasteiger charge is -2.47. The molecule has 0 N–H and O–H groups in total. The van der Waals surface area contributed by atoms with Crippen molar-refractivity contribution in [2.24, 2.45) is 22.9 Å². The number of ether oxygens (including phenoxy) is 11. The SMILES string of the molecule is CC(=O)OC[C@H]1O[C@H](O[C@@H]2[C@@H](OC(=O)O[C@@H]3C[C@H](C)CC[C@H]3C(C)C)[C@H]3OC4(CCCCC4)O[C@H]3[C@@H]3OC4(CCCCC4)O[C@@H]23)[C@H](N=[N+]=[N-])[C@@H](OC(C)=O)[C@@H]1OC(C)=O. The van der Waals surface area contributed by atoms with E-state index in [1.54, 1.807) is 0 Å². The van der Waals surface area contributed by atoms with Crippen LogP contribution >= 0.6 is 0 Å². The fourth-order valence-corrected chi connectivity index (χ4v) is 10.5. The third kappa shape index (κ3) is 9.63. The van der Waals surface area contributed by atoms with Gasteiger partial charge in [-0.2, -0.15) is 0 Å². The maximum Gasteiger partial charge on any atom is 0.509 e. The zero-order valence-electron chi connectivity index (χ0n) is 35.0. The maximum atomic E-state index is 14.2. The van der Waals surface area contributed by atoms with Crippen molar-refractivity contribution in [2.75, 3.05) is 6.61 Å². The second-order valence-electron chi connectivity index (χ2n) is 17.9. The summed E-state index contributed by atoms with van der Waals surface area (Å²) in [5.74, 6) is -3.35. The number of carbonyl (C=O) groups is 4. The van der Waals surface area contributed by atoms with E-state index >= 15 is 0 Å². The van der Waals surface area contributed by atoms with Gasteiger partial charge in [-0.25, -0.2) is 4.79 Å². The lowest BCUT2D eigenvalue weighted by atomic mass is 9.75. The van der Waals surface area contributed by atoms with Crippen LogP contribution in [0.5, 0.6) is 0 Å². The summed E-state index contributed by atoms with van der Waals surface area (Å²) in [6, 6.07) is -1.46. The van der Waals surface area contributed by atoms with Gasteiger partial charge in [0.25, 0.3) is 0 Å². The molecule has 3 aliphatic heterocycles. The molecule has 0 aromatic heterocycles. The Bertz CT molecular complexity index is 1580. The first-order valence-electron chi connectivity index (χ1n) is 21.6. The summed E-state index contributed by atoms with van der Waals surface area (Å²) < 4.78 is 70.0. The van der Waals surface area contributed by atoms with E-state index in [9.17, 15) is 24.7 Å². The number of azide groups is 1. The van der Waals surface area contributed by atoms with Gasteiger partial charge < -0.3 is 52.1 Å². The minimum absolute atomic E-state index is 0.140. The number of fused-ring (bicyclic) bond motifs is 3. The lowest BCUT2D eigenvalue weighted by Crippen LogP contribution is -2.67. The van der Waals surface area contributed by atoms with Gasteiger partial charge in [-0.15, -0.1) is 0 Å². The van der Waals surface area contributed by atoms with Gasteiger partial charge >= 0.3 is 24.1 Å². The van der Waals surface area contributed by atoms with Crippen LogP contribution in [0.15, 0.2) is 5.11 Å². The highest BCUT2D eigenvalue weighted by Crippen LogP contribution is 2.53. The van der Waals surface area contributed by atoms with E-state index in [-0.39, 0.29) is 17.9 Å². The van der Waals surface area contributed by atoms with Crippen LogP contribution in [0.4, 0.5) is 4.79 Å². The molecule has 4 saturated carbocycles. The Morgan fingerprint density at radius 3 is 1.81 bits per heavy atom. The molecule has 330 valence electrons. The van der Waals surface area contributed by atoms with Crippen LogP contribution in [0.3, 0.4) is 0 Å². The van der Waals surface area contributed by atoms with Crippen LogP contribution in [-0.2, 0) is 66.5 Å². The van der Waals surface area contributed by atoms with Gasteiger partial charge in [0, 0.05) is 51.4 Å². The minimum Gasteiger partial charge on any atom is -0.463 e. The standard InChI is InChI=1S/C41H61N3O15/c1-21(2)26-14-13-22(3)19-27(26)53-39(48)55-33-32(54-38-29(43-44-42)31(51-25(6)47)30(50-24(5)46)28(52-38)20-49-23(4)45)34-36(58-40(56-34)15-9-7-10-16-40)37-35(33)57-41(59-37)17-11-8-12-18-41/h21-22,26-38H,7-20H2,1-6H3/t22-,26+,27-,28-,29-,30-,31-,32-,33-,34+,35-,36-,37-,38-/m1/s1. The van der Waals surface area contributed by atoms with Crippen molar-refractivity contribution < 1.29 is 71.3 Å². The molecular weight excluding hydrogens is 774 g/mol. The molecule has 18 nitrogen and oxygen atoms in total. The molecule has 2 spiro atoms. The average Bonchev–Trinajstić information content (AvgIpc) is 3.72. The molecule has 0 aromatic carbocycles. The highest BCUT2D eigenvalue weighted by molar-refractivity contribution is 5.68. The number of carbonyl (C=O) groups excluding carboxylic acids is 4. The Hall–Kier alpha value is -3.25. The average molecular weight is 836 g/mol. The van der Waals surface area contributed by atoms with E-state index in [4.69, 9.17) is 52.1 Å². The van der Waals surface area contributed by atoms with Gasteiger partial charge in [0.15, 0.2) is 36.2 Å². The summed E-state index contributed by atoms with van der Waals surface area (Å²) in [7, 11) is 0. The van der Waals surface area contributed by atoms with Gasteiger partial charge in [-0.05, 0) is 61.8 Å². The Balaban J connectivity index is 1.28.